The number of aryl methyl sites for hydroxylation is 1. The minimum absolute atomic E-state index is 0.0435. The van der Waals surface area contributed by atoms with Crippen LogP contribution in [0.4, 0.5) is 18.9 Å². The molecule has 0 aliphatic heterocycles. The van der Waals surface area contributed by atoms with Crippen LogP contribution in [0.25, 0.3) is 11.3 Å². The standard InChI is InChI=1S/C16H13F3N2O4/c1-8-12(15(22)25-3)9(2)20-13(14(8)21(23)24)10-6-4-5-7-11(10)16(17,18)19/h4-7H,1-3H3. The lowest BCUT2D eigenvalue weighted by Crippen LogP contribution is -2.13. The average Bonchev–Trinajstić information content (AvgIpc) is 2.52. The Morgan fingerprint density at radius 2 is 1.84 bits per heavy atom. The second kappa shape index (κ2) is 6.50. The number of nitro groups is 1. The van der Waals surface area contributed by atoms with Crippen LogP contribution in [0.5, 0.6) is 0 Å². The predicted molar refractivity (Wildman–Crippen MR) is 82.1 cm³/mol. The molecule has 0 aliphatic rings. The first-order chi connectivity index (χ1) is 11.6. The smallest absolute Gasteiger partial charge is 0.417 e. The normalized spacial score (nSPS) is 11.3. The number of carbonyl (C=O) groups is 1. The fourth-order valence-electron chi connectivity index (χ4n) is 2.59. The molecule has 2 rings (SSSR count). The van der Waals surface area contributed by atoms with Gasteiger partial charge < -0.3 is 4.74 Å². The molecule has 0 radical (unpaired) electrons. The Morgan fingerprint density at radius 3 is 2.36 bits per heavy atom. The minimum atomic E-state index is -4.71. The number of esters is 1. The van der Waals surface area contributed by atoms with Crippen molar-refractivity contribution in [3.63, 3.8) is 0 Å². The van der Waals surface area contributed by atoms with Crippen molar-refractivity contribution < 1.29 is 27.6 Å². The number of rotatable bonds is 3. The van der Waals surface area contributed by atoms with Crippen LogP contribution >= 0.6 is 0 Å². The van der Waals surface area contributed by atoms with Gasteiger partial charge >= 0.3 is 12.1 Å². The van der Waals surface area contributed by atoms with Gasteiger partial charge in [0.05, 0.1) is 28.9 Å². The van der Waals surface area contributed by atoms with E-state index in [0.29, 0.717) is 0 Å². The van der Waals surface area contributed by atoms with Crippen LogP contribution in [0.1, 0.15) is 27.2 Å². The predicted octanol–water partition coefficient (Wildman–Crippen LogP) is 4.08. The van der Waals surface area contributed by atoms with Crippen molar-refractivity contribution in [2.75, 3.05) is 7.11 Å². The number of methoxy groups -OCH3 is 1. The maximum absolute atomic E-state index is 13.3. The van der Waals surface area contributed by atoms with Gasteiger partial charge in [-0.05, 0) is 19.9 Å². The number of carbonyl (C=O) groups excluding carboxylic acids is 1. The maximum Gasteiger partial charge on any atom is 0.417 e. The molecule has 132 valence electrons. The molecular weight excluding hydrogens is 341 g/mol. The first-order valence-electron chi connectivity index (χ1n) is 7.00. The molecule has 0 unspecified atom stereocenters. The van der Waals surface area contributed by atoms with E-state index >= 15 is 0 Å². The summed E-state index contributed by atoms with van der Waals surface area (Å²) in [6.07, 6.45) is -4.71. The van der Waals surface area contributed by atoms with Crippen molar-refractivity contribution in [1.29, 1.82) is 0 Å². The van der Waals surface area contributed by atoms with Gasteiger partial charge in [0.1, 0.15) is 5.69 Å². The lowest BCUT2D eigenvalue weighted by atomic mass is 9.97. The van der Waals surface area contributed by atoms with Crippen LogP contribution < -0.4 is 0 Å². The summed E-state index contributed by atoms with van der Waals surface area (Å²) in [5.41, 5.74) is -2.77. The zero-order valence-electron chi connectivity index (χ0n) is 13.5. The molecule has 0 atom stereocenters. The second-order valence-corrected chi connectivity index (χ2v) is 5.19. The topological polar surface area (TPSA) is 82.3 Å². The highest BCUT2D eigenvalue weighted by Crippen LogP contribution is 2.41. The lowest BCUT2D eigenvalue weighted by Gasteiger charge is -2.15. The summed E-state index contributed by atoms with van der Waals surface area (Å²) in [7, 11) is 1.10. The molecule has 1 aromatic heterocycles. The number of ether oxygens (including phenoxy) is 1. The quantitative estimate of drug-likeness (QED) is 0.471. The van der Waals surface area contributed by atoms with Crippen LogP contribution in [-0.4, -0.2) is 23.0 Å². The van der Waals surface area contributed by atoms with Crippen molar-refractivity contribution in [3.8, 4) is 11.3 Å². The van der Waals surface area contributed by atoms with E-state index in [-0.39, 0.29) is 16.8 Å². The van der Waals surface area contributed by atoms with Gasteiger partial charge in [-0.1, -0.05) is 18.2 Å². The van der Waals surface area contributed by atoms with Crippen LogP contribution in [-0.2, 0) is 10.9 Å². The van der Waals surface area contributed by atoms with Crippen molar-refractivity contribution in [3.05, 3.63) is 56.8 Å². The SMILES string of the molecule is COC(=O)c1c(C)nc(-c2ccccc2C(F)(F)F)c([N+](=O)[O-])c1C. The van der Waals surface area contributed by atoms with Gasteiger partial charge in [-0.15, -0.1) is 0 Å². The van der Waals surface area contributed by atoms with Crippen LogP contribution in [0.2, 0.25) is 0 Å². The van der Waals surface area contributed by atoms with Gasteiger partial charge in [0.25, 0.3) is 5.69 Å². The third-order valence-electron chi connectivity index (χ3n) is 3.66. The van der Waals surface area contributed by atoms with Crippen molar-refractivity contribution in [2.24, 2.45) is 0 Å². The molecule has 0 bridgehead atoms. The monoisotopic (exact) mass is 354 g/mol. The molecule has 0 N–H and O–H groups in total. The zero-order chi connectivity index (χ0) is 18.9. The number of benzene rings is 1. The number of alkyl halides is 3. The third-order valence-corrected chi connectivity index (χ3v) is 3.66. The number of pyridine rings is 1. The Kier molecular flexibility index (Phi) is 4.78. The summed E-state index contributed by atoms with van der Waals surface area (Å²) in [6.45, 7) is 2.65. The molecule has 25 heavy (non-hydrogen) atoms. The fourth-order valence-corrected chi connectivity index (χ4v) is 2.59. The molecule has 6 nitrogen and oxygen atoms in total. The molecule has 0 spiro atoms. The van der Waals surface area contributed by atoms with E-state index in [0.717, 1.165) is 19.2 Å². The van der Waals surface area contributed by atoms with Crippen LogP contribution in [0.3, 0.4) is 0 Å². The molecule has 0 aliphatic carbocycles. The number of hydrogen-bond donors (Lipinski definition) is 0. The molecule has 9 heteroatoms. The van der Waals surface area contributed by atoms with E-state index in [1.807, 2.05) is 0 Å². The largest absolute Gasteiger partial charge is 0.465 e. The maximum atomic E-state index is 13.3. The average molecular weight is 354 g/mol. The Bertz CT molecular complexity index is 863. The number of hydrogen-bond acceptors (Lipinski definition) is 5. The van der Waals surface area contributed by atoms with Gasteiger partial charge in [-0.2, -0.15) is 13.2 Å². The van der Waals surface area contributed by atoms with Gasteiger partial charge in [-0.25, -0.2) is 9.78 Å². The molecule has 0 amide bonds. The molecule has 0 fully saturated rings. The zero-order valence-corrected chi connectivity index (χ0v) is 13.5. The fraction of sp³-hybridized carbons (Fsp3) is 0.250. The van der Waals surface area contributed by atoms with Gasteiger partial charge in [-0.3, -0.25) is 10.1 Å². The first-order valence-corrected chi connectivity index (χ1v) is 7.00. The first kappa shape index (κ1) is 18.4. The van der Waals surface area contributed by atoms with E-state index in [1.165, 1.54) is 26.0 Å². The van der Waals surface area contributed by atoms with Crippen LogP contribution in [0, 0.1) is 24.0 Å². The summed E-state index contributed by atoms with van der Waals surface area (Å²) < 4.78 is 44.3. The molecule has 2 aromatic rings. The Hall–Kier alpha value is -2.97. The van der Waals surface area contributed by atoms with E-state index in [2.05, 4.69) is 9.72 Å². The molecule has 1 aromatic carbocycles. The highest BCUT2D eigenvalue weighted by Gasteiger charge is 2.37. The molecule has 0 saturated carbocycles. The third kappa shape index (κ3) is 3.30. The van der Waals surface area contributed by atoms with Gasteiger partial charge in [0.2, 0.25) is 0 Å². The van der Waals surface area contributed by atoms with E-state index in [4.69, 9.17) is 0 Å². The Labute approximate surface area is 140 Å². The summed E-state index contributed by atoms with van der Waals surface area (Å²) in [6, 6.07) is 4.43. The van der Waals surface area contributed by atoms with E-state index in [1.54, 1.807) is 0 Å². The second-order valence-electron chi connectivity index (χ2n) is 5.19. The van der Waals surface area contributed by atoms with Crippen molar-refractivity contribution >= 4 is 11.7 Å². The highest BCUT2D eigenvalue weighted by molar-refractivity contribution is 5.95. The van der Waals surface area contributed by atoms with Gasteiger partial charge in [0, 0.05) is 11.1 Å². The Balaban J connectivity index is 2.90. The van der Waals surface area contributed by atoms with Crippen molar-refractivity contribution in [1.82, 2.24) is 4.98 Å². The number of nitrogens with zero attached hydrogens (tertiary/aromatic N) is 2. The number of halogens is 3. The summed E-state index contributed by atoms with van der Waals surface area (Å²) in [4.78, 5) is 26.4. The summed E-state index contributed by atoms with van der Waals surface area (Å²) in [5.74, 6) is -0.846. The van der Waals surface area contributed by atoms with E-state index in [9.17, 15) is 28.1 Å². The van der Waals surface area contributed by atoms with E-state index < -0.39 is 39.6 Å². The Morgan fingerprint density at radius 1 is 1.24 bits per heavy atom. The van der Waals surface area contributed by atoms with Gasteiger partial charge in [0.15, 0.2) is 0 Å². The lowest BCUT2D eigenvalue weighted by molar-refractivity contribution is -0.385. The van der Waals surface area contributed by atoms with Crippen molar-refractivity contribution in [2.45, 2.75) is 20.0 Å². The molecule has 0 saturated heterocycles. The molecule has 1 heterocycles. The number of aromatic nitrogens is 1. The highest BCUT2D eigenvalue weighted by atomic mass is 19.4. The van der Waals surface area contributed by atoms with Crippen LogP contribution in [0.15, 0.2) is 24.3 Å². The minimum Gasteiger partial charge on any atom is -0.465 e. The summed E-state index contributed by atoms with van der Waals surface area (Å²) >= 11 is 0. The molecular formula is C16H13F3N2O4. The summed E-state index contributed by atoms with van der Waals surface area (Å²) in [5, 5.41) is 11.5.